The summed E-state index contributed by atoms with van der Waals surface area (Å²) in [5.41, 5.74) is 3.84. The number of aryl methyl sites for hydroxylation is 1. The van der Waals surface area contributed by atoms with Crippen molar-refractivity contribution in [2.45, 2.75) is 44.9 Å². The molecule has 1 aliphatic heterocycles. The van der Waals surface area contributed by atoms with E-state index in [1.807, 2.05) is 54.6 Å². The van der Waals surface area contributed by atoms with E-state index in [1.54, 1.807) is 16.4 Å². The van der Waals surface area contributed by atoms with Gasteiger partial charge in [0, 0.05) is 24.0 Å². The Morgan fingerprint density at radius 3 is 2.54 bits per heavy atom. The first-order valence-corrected chi connectivity index (χ1v) is 14.1. The maximum atomic E-state index is 13.8. The third kappa shape index (κ3) is 5.47. The van der Waals surface area contributed by atoms with Crippen molar-refractivity contribution in [2.24, 2.45) is 0 Å². The second kappa shape index (κ2) is 10.9. The van der Waals surface area contributed by atoms with E-state index in [-0.39, 0.29) is 23.1 Å². The Balaban J connectivity index is 1.45. The molecule has 0 radical (unpaired) electrons. The number of hydrogen-bond acceptors (Lipinski definition) is 6. The molecular formula is C28H28N4O3S2. The number of anilines is 1. The second-order valence-corrected chi connectivity index (χ2v) is 11.1. The van der Waals surface area contributed by atoms with E-state index in [2.05, 4.69) is 12.2 Å². The fraction of sp³-hybridized carbons (Fsp3) is 0.286. The topological polar surface area (TPSA) is 84.3 Å². The van der Waals surface area contributed by atoms with E-state index in [9.17, 15) is 14.4 Å². The van der Waals surface area contributed by atoms with Crippen molar-refractivity contribution < 1.29 is 9.59 Å². The first kappa shape index (κ1) is 25.2. The Labute approximate surface area is 223 Å². The molecule has 2 amide bonds. The van der Waals surface area contributed by atoms with Crippen molar-refractivity contribution in [3.05, 3.63) is 86.5 Å². The number of amides is 2. The largest absolute Gasteiger partial charge is 0.337 e. The minimum atomic E-state index is -0.155. The summed E-state index contributed by atoms with van der Waals surface area (Å²) in [4.78, 5) is 46.8. The van der Waals surface area contributed by atoms with Crippen LogP contribution in [0.3, 0.4) is 0 Å². The lowest BCUT2D eigenvalue weighted by Gasteiger charge is -2.25. The number of hydrogen-bond donors (Lipinski definition) is 1. The highest BCUT2D eigenvalue weighted by molar-refractivity contribution is 7.99. The Morgan fingerprint density at radius 2 is 1.84 bits per heavy atom. The molecule has 0 saturated heterocycles. The van der Waals surface area contributed by atoms with Gasteiger partial charge in [0.2, 0.25) is 11.8 Å². The van der Waals surface area contributed by atoms with Gasteiger partial charge in [-0.2, -0.15) is 0 Å². The van der Waals surface area contributed by atoms with E-state index < -0.39 is 0 Å². The number of thiophene rings is 1. The van der Waals surface area contributed by atoms with Crippen molar-refractivity contribution in [3.63, 3.8) is 0 Å². The molecule has 9 heteroatoms. The van der Waals surface area contributed by atoms with Gasteiger partial charge in [-0.25, -0.2) is 4.98 Å². The lowest BCUT2D eigenvalue weighted by atomic mass is 10.1. The van der Waals surface area contributed by atoms with Crippen LogP contribution in [-0.2, 0) is 35.5 Å². The van der Waals surface area contributed by atoms with Gasteiger partial charge in [-0.15, -0.1) is 11.3 Å². The predicted octanol–water partition coefficient (Wildman–Crippen LogP) is 4.70. The van der Waals surface area contributed by atoms with Crippen molar-refractivity contribution in [1.29, 1.82) is 0 Å². The maximum absolute atomic E-state index is 13.8. The molecule has 4 aromatic rings. The number of benzene rings is 2. The molecule has 2 aromatic carbocycles. The molecule has 3 heterocycles. The number of carbonyl (C=O) groups is 2. The fourth-order valence-electron chi connectivity index (χ4n) is 4.49. The highest BCUT2D eigenvalue weighted by atomic mass is 32.2. The number of thioether (sulfide) groups is 1. The van der Waals surface area contributed by atoms with E-state index in [0.717, 1.165) is 28.1 Å². The minimum absolute atomic E-state index is 0.0316. The first-order chi connectivity index (χ1) is 17.9. The Kier molecular flexibility index (Phi) is 7.43. The molecule has 0 unspecified atom stereocenters. The standard InChI is InChI=1S/C28H28N4O3S2/c1-3-19-9-11-21(12-10-19)29-24(34)17-36-28-30-26-25(22-13-14-31(18(2)33)16-23(22)37-26)27(35)32(28)15-20-7-5-4-6-8-20/h4-12H,3,13-17H2,1-2H3,(H,29,34). The summed E-state index contributed by atoms with van der Waals surface area (Å²) in [6, 6.07) is 17.6. The number of nitrogens with zero attached hydrogens (tertiary/aromatic N) is 3. The highest BCUT2D eigenvalue weighted by Gasteiger charge is 2.26. The molecule has 190 valence electrons. The third-order valence-electron chi connectivity index (χ3n) is 6.53. The van der Waals surface area contributed by atoms with Crippen LogP contribution in [0.15, 0.2) is 64.5 Å². The van der Waals surface area contributed by atoms with Crippen LogP contribution in [0.1, 0.15) is 35.4 Å². The van der Waals surface area contributed by atoms with Crippen molar-refractivity contribution in [1.82, 2.24) is 14.5 Å². The van der Waals surface area contributed by atoms with Gasteiger partial charge in [-0.05, 0) is 41.7 Å². The molecule has 7 nitrogen and oxygen atoms in total. The van der Waals surface area contributed by atoms with Crippen LogP contribution < -0.4 is 10.9 Å². The predicted molar refractivity (Wildman–Crippen MR) is 149 cm³/mol. The summed E-state index contributed by atoms with van der Waals surface area (Å²) < 4.78 is 1.68. The smallest absolute Gasteiger partial charge is 0.263 e. The molecule has 2 aromatic heterocycles. The average Bonchev–Trinajstić information content (AvgIpc) is 3.28. The Hall–Kier alpha value is -3.43. The van der Waals surface area contributed by atoms with Gasteiger partial charge in [-0.3, -0.25) is 19.0 Å². The zero-order valence-corrected chi connectivity index (χ0v) is 22.5. The third-order valence-corrected chi connectivity index (χ3v) is 8.62. The lowest BCUT2D eigenvalue weighted by molar-refractivity contribution is -0.129. The van der Waals surface area contributed by atoms with Gasteiger partial charge in [0.25, 0.3) is 5.56 Å². The van der Waals surface area contributed by atoms with Crippen LogP contribution in [0.2, 0.25) is 0 Å². The highest BCUT2D eigenvalue weighted by Crippen LogP contribution is 2.34. The van der Waals surface area contributed by atoms with Crippen LogP contribution in [0.25, 0.3) is 10.2 Å². The molecule has 0 saturated carbocycles. The van der Waals surface area contributed by atoms with E-state index >= 15 is 0 Å². The summed E-state index contributed by atoms with van der Waals surface area (Å²) >= 11 is 2.74. The number of aromatic nitrogens is 2. The maximum Gasteiger partial charge on any atom is 0.263 e. The lowest BCUT2D eigenvalue weighted by Crippen LogP contribution is -2.34. The monoisotopic (exact) mass is 532 g/mol. The van der Waals surface area contributed by atoms with Gasteiger partial charge >= 0.3 is 0 Å². The van der Waals surface area contributed by atoms with Gasteiger partial charge in [0.1, 0.15) is 4.83 Å². The number of rotatable bonds is 7. The molecule has 0 fully saturated rings. The zero-order chi connectivity index (χ0) is 25.9. The van der Waals surface area contributed by atoms with Gasteiger partial charge in [0.05, 0.1) is 24.2 Å². The average molecular weight is 533 g/mol. The number of nitrogens with one attached hydrogen (secondary N) is 1. The molecule has 5 rings (SSSR count). The van der Waals surface area contributed by atoms with E-state index in [4.69, 9.17) is 4.98 Å². The molecule has 1 N–H and O–H groups in total. The Bertz CT molecular complexity index is 1510. The van der Waals surface area contributed by atoms with E-state index in [1.165, 1.54) is 28.7 Å². The minimum Gasteiger partial charge on any atom is -0.337 e. The second-order valence-electron chi connectivity index (χ2n) is 9.03. The first-order valence-electron chi connectivity index (χ1n) is 12.3. The van der Waals surface area contributed by atoms with Crippen molar-refractivity contribution in [2.75, 3.05) is 17.6 Å². The molecule has 0 bridgehead atoms. The zero-order valence-electron chi connectivity index (χ0n) is 20.8. The summed E-state index contributed by atoms with van der Waals surface area (Å²) in [6.07, 6.45) is 1.58. The summed E-state index contributed by atoms with van der Waals surface area (Å²) in [7, 11) is 0. The number of fused-ring (bicyclic) bond motifs is 3. The van der Waals surface area contributed by atoms with E-state index in [0.29, 0.717) is 41.4 Å². The SMILES string of the molecule is CCc1ccc(NC(=O)CSc2nc3sc4c(c3c(=O)n2Cc2ccccc2)CCN(C(C)=O)C4)cc1. The van der Waals surface area contributed by atoms with Crippen LogP contribution in [-0.4, -0.2) is 38.6 Å². The van der Waals surface area contributed by atoms with Crippen molar-refractivity contribution >= 4 is 50.8 Å². The van der Waals surface area contributed by atoms with Crippen LogP contribution in [0, 0.1) is 0 Å². The van der Waals surface area contributed by atoms with Crippen molar-refractivity contribution in [3.8, 4) is 0 Å². The normalized spacial score (nSPS) is 13.0. The summed E-state index contributed by atoms with van der Waals surface area (Å²) in [5.74, 6) is 0.00688. The molecule has 0 spiro atoms. The molecule has 1 aliphatic rings. The quantitative estimate of drug-likeness (QED) is 0.275. The van der Waals surface area contributed by atoms with Gasteiger partial charge < -0.3 is 10.2 Å². The number of carbonyl (C=O) groups excluding carboxylic acids is 2. The summed E-state index contributed by atoms with van der Waals surface area (Å²) in [5, 5.41) is 4.09. The van der Waals surface area contributed by atoms with Crippen LogP contribution >= 0.6 is 23.1 Å². The molecule has 37 heavy (non-hydrogen) atoms. The molecular weight excluding hydrogens is 504 g/mol. The molecule has 0 aliphatic carbocycles. The molecule has 0 atom stereocenters. The Morgan fingerprint density at radius 1 is 1.08 bits per heavy atom. The fourth-order valence-corrected chi connectivity index (χ4v) is 6.57. The van der Waals surface area contributed by atoms with Crippen LogP contribution in [0.4, 0.5) is 5.69 Å². The summed E-state index contributed by atoms with van der Waals surface area (Å²) in [6.45, 7) is 5.14. The van der Waals surface area contributed by atoms with Gasteiger partial charge in [0.15, 0.2) is 5.16 Å². The van der Waals surface area contributed by atoms with Gasteiger partial charge in [-0.1, -0.05) is 61.2 Å². The van der Waals surface area contributed by atoms with Crippen LogP contribution in [0.5, 0.6) is 0 Å².